The molecule has 0 aliphatic rings. The monoisotopic (exact) mass is 423 g/mol. The highest BCUT2D eigenvalue weighted by Crippen LogP contribution is 2.24. The third-order valence-electron chi connectivity index (χ3n) is 4.71. The summed E-state index contributed by atoms with van der Waals surface area (Å²) in [6.45, 7) is 0. The van der Waals surface area contributed by atoms with Crippen molar-refractivity contribution in [1.29, 1.82) is 0 Å². The van der Waals surface area contributed by atoms with Crippen LogP contribution in [0.25, 0.3) is 23.0 Å². The number of hydrogen-bond donors (Lipinski definition) is 2. The molecule has 0 bridgehead atoms. The van der Waals surface area contributed by atoms with Gasteiger partial charge in [-0.1, -0.05) is 30.3 Å². The average Bonchev–Trinajstić information content (AvgIpc) is 3.24. The molecule has 3 N–H and O–H groups in total. The number of nitrogens with zero attached hydrogens (tertiary/aromatic N) is 3. The summed E-state index contributed by atoms with van der Waals surface area (Å²) in [5.74, 6) is -0.678. The molecule has 0 saturated carbocycles. The molecule has 0 saturated heterocycles. The molecule has 4 aromatic rings. The number of nitrogens with one attached hydrogen (secondary N) is 1. The molecule has 0 aliphatic carbocycles. The van der Waals surface area contributed by atoms with Crippen molar-refractivity contribution in [3.05, 3.63) is 103 Å². The largest absolute Gasteiger partial charge is 0.369 e. The Hall–Kier alpha value is -4.52. The summed E-state index contributed by atoms with van der Waals surface area (Å²) in [6, 6.07) is 20.5. The Morgan fingerprint density at radius 2 is 1.78 bits per heavy atom. The van der Waals surface area contributed by atoms with Crippen molar-refractivity contribution < 1.29 is 9.59 Å². The van der Waals surface area contributed by atoms with Crippen molar-refractivity contribution in [1.82, 2.24) is 14.8 Å². The summed E-state index contributed by atoms with van der Waals surface area (Å²) in [7, 11) is 0. The van der Waals surface area contributed by atoms with E-state index in [0.717, 1.165) is 28.1 Å². The fourth-order valence-corrected chi connectivity index (χ4v) is 3.21. The highest BCUT2D eigenvalue weighted by Gasteiger charge is 2.11. The Labute approximate surface area is 185 Å². The van der Waals surface area contributed by atoms with E-state index in [9.17, 15) is 9.59 Å². The number of aromatic nitrogens is 3. The summed E-state index contributed by atoms with van der Waals surface area (Å²) >= 11 is 0. The Morgan fingerprint density at radius 1 is 1.00 bits per heavy atom. The first-order valence-electron chi connectivity index (χ1n) is 10.0. The predicted octanol–water partition coefficient (Wildman–Crippen LogP) is 3.61. The lowest BCUT2D eigenvalue weighted by Crippen LogP contribution is -2.13. The lowest BCUT2D eigenvalue weighted by atomic mass is 10.1. The highest BCUT2D eigenvalue weighted by molar-refractivity contribution is 6.02. The first kappa shape index (κ1) is 20.7. The summed E-state index contributed by atoms with van der Waals surface area (Å²) in [5, 5.41) is 7.51. The van der Waals surface area contributed by atoms with Gasteiger partial charge in [0.25, 0.3) is 0 Å². The number of benzene rings is 2. The van der Waals surface area contributed by atoms with Crippen molar-refractivity contribution >= 4 is 23.6 Å². The Kier molecular flexibility index (Phi) is 6.17. The van der Waals surface area contributed by atoms with Gasteiger partial charge in [0.05, 0.1) is 12.1 Å². The summed E-state index contributed by atoms with van der Waals surface area (Å²) in [6.07, 6.45) is 8.67. The number of carbonyl (C=O) groups excluding carboxylic acids is 2. The van der Waals surface area contributed by atoms with E-state index in [-0.39, 0.29) is 12.3 Å². The van der Waals surface area contributed by atoms with Gasteiger partial charge in [-0.05, 0) is 48.0 Å². The topological polar surface area (TPSA) is 103 Å². The van der Waals surface area contributed by atoms with E-state index >= 15 is 0 Å². The molecule has 0 spiro atoms. The second-order valence-electron chi connectivity index (χ2n) is 7.12. The molecule has 2 aromatic heterocycles. The van der Waals surface area contributed by atoms with Crippen molar-refractivity contribution in [2.75, 3.05) is 5.32 Å². The number of primary amides is 1. The van der Waals surface area contributed by atoms with Crippen LogP contribution in [0.4, 0.5) is 5.69 Å². The maximum Gasteiger partial charge on any atom is 0.248 e. The molecule has 4 rings (SSSR count). The van der Waals surface area contributed by atoms with Gasteiger partial charge >= 0.3 is 0 Å². The third kappa shape index (κ3) is 5.14. The number of anilines is 1. The van der Waals surface area contributed by atoms with Crippen LogP contribution in [-0.2, 0) is 16.0 Å². The summed E-state index contributed by atoms with van der Waals surface area (Å²) in [4.78, 5) is 27.6. The highest BCUT2D eigenvalue weighted by atomic mass is 16.1. The van der Waals surface area contributed by atoms with Gasteiger partial charge in [-0.3, -0.25) is 14.6 Å². The van der Waals surface area contributed by atoms with Gasteiger partial charge in [0.1, 0.15) is 5.69 Å². The van der Waals surface area contributed by atoms with Gasteiger partial charge < -0.3 is 11.1 Å². The van der Waals surface area contributed by atoms with Gasteiger partial charge in [0, 0.05) is 41.5 Å². The third-order valence-corrected chi connectivity index (χ3v) is 4.71. The molecule has 2 amide bonds. The van der Waals surface area contributed by atoms with E-state index < -0.39 is 5.91 Å². The van der Waals surface area contributed by atoms with Crippen molar-refractivity contribution in [3.8, 4) is 16.9 Å². The number of pyridine rings is 1. The lowest BCUT2D eigenvalue weighted by Gasteiger charge is -2.03. The number of rotatable bonds is 7. The smallest absolute Gasteiger partial charge is 0.248 e. The number of hydrogen-bond acceptors (Lipinski definition) is 4. The average molecular weight is 423 g/mol. The molecule has 7 heteroatoms. The van der Waals surface area contributed by atoms with E-state index in [4.69, 9.17) is 10.8 Å². The molecule has 0 radical (unpaired) electrons. The van der Waals surface area contributed by atoms with Crippen molar-refractivity contribution in [2.24, 2.45) is 5.73 Å². The zero-order valence-corrected chi connectivity index (χ0v) is 17.2. The van der Waals surface area contributed by atoms with Gasteiger partial charge in [-0.2, -0.15) is 5.10 Å². The van der Waals surface area contributed by atoms with Crippen molar-refractivity contribution in [3.63, 3.8) is 0 Å². The standard InChI is InChI=1S/C25H21N5O2/c26-23(31)15-18-8-11-21(12-9-18)28-24(32)13-10-20-17-30(22-6-2-1-3-7-22)29-25(20)19-5-4-14-27-16-19/h1-14,16-17H,15H2,(H2,26,31)(H,28,32)/b13-10+. The van der Waals surface area contributed by atoms with E-state index in [2.05, 4.69) is 10.3 Å². The molecule has 0 aliphatic heterocycles. The van der Waals surface area contributed by atoms with E-state index in [1.807, 2.05) is 48.7 Å². The fourth-order valence-electron chi connectivity index (χ4n) is 3.21. The zero-order valence-electron chi connectivity index (χ0n) is 17.2. The number of para-hydroxylation sites is 1. The van der Waals surface area contributed by atoms with Crippen LogP contribution >= 0.6 is 0 Å². The molecule has 0 atom stereocenters. The minimum absolute atomic E-state index is 0.163. The fraction of sp³-hybridized carbons (Fsp3) is 0.0400. The molecule has 158 valence electrons. The normalized spacial score (nSPS) is 10.9. The van der Waals surface area contributed by atoms with Crippen LogP contribution in [0.15, 0.2) is 91.4 Å². The molecule has 32 heavy (non-hydrogen) atoms. The maximum atomic E-state index is 12.5. The minimum atomic E-state index is -0.398. The molecule has 0 unspecified atom stereocenters. The molecule has 7 nitrogen and oxygen atoms in total. The van der Waals surface area contributed by atoms with Crippen LogP contribution in [-0.4, -0.2) is 26.6 Å². The maximum absolute atomic E-state index is 12.5. The van der Waals surface area contributed by atoms with Crippen LogP contribution in [0.1, 0.15) is 11.1 Å². The number of carbonyl (C=O) groups is 2. The van der Waals surface area contributed by atoms with E-state index in [1.165, 1.54) is 6.08 Å². The SMILES string of the molecule is NC(=O)Cc1ccc(NC(=O)/C=C/c2cn(-c3ccccc3)nc2-c2cccnc2)cc1. The minimum Gasteiger partial charge on any atom is -0.369 e. The summed E-state index contributed by atoms with van der Waals surface area (Å²) < 4.78 is 1.78. The van der Waals surface area contributed by atoms with Crippen molar-refractivity contribution in [2.45, 2.75) is 6.42 Å². The molecule has 2 heterocycles. The number of nitrogens with two attached hydrogens (primary N) is 1. The quantitative estimate of drug-likeness (QED) is 0.443. The van der Waals surface area contributed by atoms with Gasteiger partial charge in [0.2, 0.25) is 11.8 Å². The van der Waals surface area contributed by atoms with E-state index in [1.54, 1.807) is 47.4 Å². The van der Waals surface area contributed by atoms with Crippen LogP contribution in [0, 0.1) is 0 Å². The number of amides is 2. The van der Waals surface area contributed by atoms with Crippen LogP contribution in [0.5, 0.6) is 0 Å². The Bertz CT molecular complexity index is 1250. The van der Waals surface area contributed by atoms with E-state index in [0.29, 0.717) is 5.69 Å². The molecular weight excluding hydrogens is 402 g/mol. The molecule has 0 fully saturated rings. The van der Waals surface area contributed by atoms with Gasteiger partial charge in [-0.25, -0.2) is 4.68 Å². The Balaban J connectivity index is 1.55. The molecule has 2 aromatic carbocycles. The second-order valence-corrected chi connectivity index (χ2v) is 7.12. The van der Waals surface area contributed by atoms with Crippen LogP contribution in [0.2, 0.25) is 0 Å². The second kappa shape index (κ2) is 9.53. The lowest BCUT2D eigenvalue weighted by molar-refractivity contribution is -0.117. The van der Waals surface area contributed by atoms with Crippen LogP contribution < -0.4 is 11.1 Å². The zero-order chi connectivity index (χ0) is 22.3. The van der Waals surface area contributed by atoms with Gasteiger partial charge in [-0.15, -0.1) is 0 Å². The summed E-state index contributed by atoms with van der Waals surface area (Å²) in [5.41, 5.74) is 9.90. The first-order valence-corrected chi connectivity index (χ1v) is 10.0. The van der Waals surface area contributed by atoms with Gasteiger partial charge in [0.15, 0.2) is 0 Å². The predicted molar refractivity (Wildman–Crippen MR) is 124 cm³/mol. The Morgan fingerprint density at radius 3 is 2.47 bits per heavy atom. The molecular formula is C25H21N5O2. The van der Waals surface area contributed by atoms with Crippen LogP contribution in [0.3, 0.4) is 0 Å². The first-order chi connectivity index (χ1) is 15.6.